The first-order valence-electron chi connectivity index (χ1n) is 8.16. The summed E-state index contributed by atoms with van der Waals surface area (Å²) in [6.45, 7) is 0. The Morgan fingerprint density at radius 2 is 2.00 bits per heavy atom. The van der Waals surface area contributed by atoms with Gasteiger partial charge in [0.15, 0.2) is 0 Å². The number of ether oxygens (including phenoxy) is 2. The molecule has 0 aromatic rings. The van der Waals surface area contributed by atoms with E-state index in [-0.39, 0.29) is 5.97 Å². The van der Waals surface area contributed by atoms with Crippen LogP contribution in [0.1, 0.15) is 64.2 Å². The molecule has 0 bridgehead atoms. The van der Waals surface area contributed by atoms with Gasteiger partial charge in [0.2, 0.25) is 0 Å². The molecular weight excluding hydrogens is 268 g/mol. The number of aliphatic hydroxyl groups excluding tert-OH is 1. The third-order valence-electron chi connectivity index (χ3n) is 4.74. The second-order valence-electron chi connectivity index (χ2n) is 6.37. The molecule has 1 N–H and O–H groups in total. The van der Waals surface area contributed by atoms with Crippen LogP contribution < -0.4 is 0 Å². The van der Waals surface area contributed by atoms with Crippen molar-refractivity contribution in [2.45, 2.75) is 76.1 Å². The number of hydrogen-bond donors (Lipinski definition) is 1. The molecule has 1 aliphatic heterocycles. The highest BCUT2D eigenvalue weighted by Gasteiger charge is 2.41. The zero-order valence-corrected chi connectivity index (χ0v) is 12.5. The zero-order valence-electron chi connectivity index (χ0n) is 12.5. The molecule has 3 rings (SSSR count). The number of allylic oxidation sites excluding steroid dienone is 1. The summed E-state index contributed by atoms with van der Waals surface area (Å²) in [5.74, 6) is -1.05. The van der Waals surface area contributed by atoms with Crippen LogP contribution in [0.4, 0.5) is 0 Å². The van der Waals surface area contributed by atoms with Gasteiger partial charge in [-0.15, -0.1) is 0 Å². The van der Waals surface area contributed by atoms with Gasteiger partial charge < -0.3 is 14.6 Å². The first kappa shape index (κ1) is 14.6. The van der Waals surface area contributed by atoms with E-state index in [4.69, 9.17) is 9.47 Å². The Morgan fingerprint density at radius 3 is 2.67 bits per heavy atom. The van der Waals surface area contributed by atoms with Crippen molar-refractivity contribution in [3.63, 3.8) is 0 Å². The van der Waals surface area contributed by atoms with Crippen LogP contribution in [0.25, 0.3) is 0 Å². The van der Waals surface area contributed by atoms with Crippen molar-refractivity contribution >= 4 is 5.97 Å². The van der Waals surface area contributed by atoms with Crippen LogP contribution in [0.2, 0.25) is 0 Å². The van der Waals surface area contributed by atoms with Crippen LogP contribution in [-0.2, 0) is 14.3 Å². The van der Waals surface area contributed by atoms with Crippen LogP contribution in [0, 0.1) is 0 Å². The first-order chi connectivity index (χ1) is 10.2. The molecule has 1 atom stereocenters. The highest BCUT2D eigenvalue weighted by molar-refractivity contribution is 5.89. The van der Waals surface area contributed by atoms with Gasteiger partial charge in [-0.2, -0.15) is 0 Å². The molecular formula is C17H24O4. The van der Waals surface area contributed by atoms with Gasteiger partial charge in [0.25, 0.3) is 5.79 Å². The molecule has 1 spiro atoms. The van der Waals surface area contributed by atoms with E-state index in [2.05, 4.69) is 6.08 Å². The lowest BCUT2D eigenvalue weighted by atomic mass is 9.91. The number of carbonyl (C=O) groups is 1. The average Bonchev–Trinajstić information content (AvgIpc) is 2.52. The van der Waals surface area contributed by atoms with E-state index >= 15 is 0 Å². The standard InChI is InChI=1S/C17H24O4/c18-15(13-7-3-1-4-8-13)11-14-12-20-17(21-16(14)19)9-5-2-6-10-17/h7,12,15,18H,1-6,8-11H2. The van der Waals surface area contributed by atoms with Crippen LogP contribution in [0.15, 0.2) is 23.5 Å². The molecule has 1 saturated carbocycles. The second kappa shape index (κ2) is 6.22. The molecule has 21 heavy (non-hydrogen) atoms. The van der Waals surface area contributed by atoms with E-state index in [1.165, 1.54) is 19.1 Å². The molecule has 2 aliphatic carbocycles. The SMILES string of the molecule is O=C1OC2(CCCCC2)OC=C1CC(O)C1=CCCCC1. The molecule has 0 saturated heterocycles. The summed E-state index contributed by atoms with van der Waals surface area (Å²) in [4.78, 5) is 12.2. The van der Waals surface area contributed by atoms with Gasteiger partial charge in [-0.25, -0.2) is 4.79 Å². The predicted octanol–water partition coefficient (Wildman–Crippen LogP) is 3.36. The molecule has 3 aliphatic rings. The van der Waals surface area contributed by atoms with E-state index in [9.17, 15) is 9.90 Å². The second-order valence-corrected chi connectivity index (χ2v) is 6.37. The van der Waals surface area contributed by atoms with E-state index in [0.29, 0.717) is 12.0 Å². The fraction of sp³-hybridized carbons (Fsp3) is 0.706. The Morgan fingerprint density at radius 1 is 1.19 bits per heavy atom. The van der Waals surface area contributed by atoms with Crippen molar-refractivity contribution in [2.75, 3.05) is 0 Å². The highest BCUT2D eigenvalue weighted by atomic mass is 16.7. The number of esters is 1. The first-order valence-corrected chi connectivity index (χ1v) is 8.16. The molecule has 116 valence electrons. The third kappa shape index (κ3) is 3.31. The Hall–Kier alpha value is -1.29. The van der Waals surface area contributed by atoms with E-state index in [1.54, 1.807) is 0 Å². The van der Waals surface area contributed by atoms with Gasteiger partial charge >= 0.3 is 5.97 Å². The highest BCUT2D eigenvalue weighted by Crippen LogP contribution is 2.37. The van der Waals surface area contributed by atoms with Gasteiger partial charge in [0, 0.05) is 19.3 Å². The van der Waals surface area contributed by atoms with Gasteiger partial charge in [0.1, 0.15) is 0 Å². The van der Waals surface area contributed by atoms with Crippen molar-refractivity contribution in [1.82, 2.24) is 0 Å². The molecule has 4 heteroatoms. The summed E-state index contributed by atoms with van der Waals surface area (Å²) in [6.07, 6.45) is 12.4. The maximum Gasteiger partial charge on any atom is 0.340 e. The van der Waals surface area contributed by atoms with Crippen LogP contribution >= 0.6 is 0 Å². The maximum atomic E-state index is 12.2. The van der Waals surface area contributed by atoms with Gasteiger partial charge in [-0.3, -0.25) is 0 Å². The molecule has 1 unspecified atom stereocenters. The van der Waals surface area contributed by atoms with Crippen molar-refractivity contribution in [2.24, 2.45) is 0 Å². The normalized spacial score (nSPS) is 26.4. The Balaban J connectivity index is 1.63. The van der Waals surface area contributed by atoms with Crippen LogP contribution in [0.3, 0.4) is 0 Å². The van der Waals surface area contributed by atoms with Crippen LogP contribution in [-0.4, -0.2) is 23.0 Å². The maximum absolute atomic E-state index is 12.2. The van der Waals surface area contributed by atoms with Gasteiger partial charge in [0.05, 0.1) is 17.9 Å². The number of aliphatic hydroxyl groups is 1. The number of hydrogen-bond acceptors (Lipinski definition) is 4. The lowest BCUT2D eigenvalue weighted by molar-refractivity contribution is -0.228. The fourth-order valence-corrected chi connectivity index (χ4v) is 3.43. The summed E-state index contributed by atoms with van der Waals surface area (Å²) in [5, 5.41) is 10.3. The summed E-state index contributed by atoms with van der Waals surface area (Å²) in [5.41, 5.74) is 1.50. The van der Waals surface area contributed by atoms with Crippen molar-refractivity contribution in [1.29, 1.82) is 0 Å². The Kier molecular flexibility index (Phi) is 4.34. The minimum absolute atomic E-state index is 0.292. The Labute approximate surface area is 125 Å². The number of carbonyl (C=O) groups excluding carboxylic acids is 1. The summed E-state index contributed by atoms with van der Waals surface area (Å²) in [6, 6.07) is 0. The lowest BCUT2D eigenvalue weighted by Gasteiger charge is -2.38. The predicted molar refractivity (Wildman–Crippen MR) is 78.3 cm³/mol. The topological polar surface area (TPSA) is 55.8 Å². The lowest BCUT2D eigenvalue weighted by Crippen LogP contribution is -2.42. The van der Waals surface area contributed by atoms with Crippen molar-refractivity contribution < 1.29 is 19.4 Å². The quantitative estimate of drug-likeness (QED) is 0.640. The molecule has 0 aromatic heterocycles. The van der Waals surface area contributed by atoms with Gasteiger partial charge in [-0.1, -0.05) is 12.5 Å². The minimum atomic E-state index is -0.728. The largest absolute Gasteiger partial charge is 0.459 e. The van der Waals surface area contributed by atoms with Crippen LogP contribution in [0.5, 0.6) is 0 Å². The summed E-state index contributed by atoms with van der Waals surface area (Å²) < 4.78 is 11.3. The smallest absolute Gasteiger partial charge is 0.340 e. The van der Waals surface area contributed by atoms with E-state index in [0.717, 1.165) is 50.5 Å². The summed E-state index contributed by atoms with van der Waals surface area (Å²) >= 11 is 0. The zero-order chi connectivity index (χ0) is 14.7. The molecule has 4 nitrogen and oxygen atoms in total. The Bertz CT molecular complexity index is 457. The molecule has 0 aromatic carbocycles. The molecule has 1 heterocycles. The van der Waals surface area contributed by atoms with Crippen molar-refractivity contribution in [3.8, 4) is 0 Å². The van der Waals surface area contributed by atoms with E-state index < -0.39 is 11.9 Å². The third-order valence-corrected chi connectivity index (χ3v) is 4.74. The number of rotatable bonds is 3. The fourth-order valence-electron chi connectivity index (χ4n) is 3.43. The van der Waals surface area contributed by atoms with E-state index in [1.807, 2.05) is 0 Å². The summed E-state index contributed by atoms with van der Waals surface area (Å²) in [7, 11) is 0. The average molecular weight is 292 g/mol. The van der Waals surface area contributed by atoms with Crippen molar-refractivity contribution in [3.05, 3.63) is 23.5 Å². The van der Waals surface area contributed by atoms with Gasteiger partial charge in [-0.05, 0) is 44.1 Å². The molecule has 0 radical (unpaired) electrons. The minimum Gasteiger partial charge on any atom is -0.459 e. The molecule has 1 fully saturated rings. The monoisotopic (exact) mass is 292 g/mol. The molecule has 0 amide bonds.